The summed E-state index contributed by atoms with van der Waals surface area (Å²) >= 11 is 0. The van der Waals surface area contributed by atoms with Gasteiger partial charge in [-0.1, -0.05) is 20.3 Å². The fourth-order valence-corrected chi connectivity index (χ4v) is 3.06. The minimum Gasteiger partial charge on any atom is -0.369 e. The number of nitrogens with two attached hydrogens (primary N) is 2. The van der Waals surface area contributed by atoms with Gasteiger partial charge in [-0.25, -0.2) is 0 Å². The van der Waals surface area contributed by atoms with E-state index in [4.69, 9.17) is 11.5 Å². The molecule has 0 aliphatic heterocycles. The number of hydrogen-bond acceptors (Lipinski definition) is 3. The number of carbonyl (C=O) groups excluding carboxylic acids is 1. The Morgan fingerprint density at radius 1 is 1.44 bits per heavy atom. The van der Waals surface area contributed by atoms with Crippen LogP contribution in [0.1, 0.15) is 46.0 Å². The molecule has 0 aromatic rings. The van der Waals surface area contributed by atoms with Crippen LogP contribution in [-0.4, -0.2) is 36.5 Å². The molecule has 4 N–H and O–H groups in total. The first kappa shape index (κ1) is 15.4. The lowest BCUT2D eigenvalue weighted by Crippen LogP contribution is -2.55. The van der Waals surface area contributed by atoms with Crippen LogP contribution < -0.4 is 11.5 Å². The number of carbonyl (C=O) groups is 1. The first-order chi connectivity index (χ1) is 8.45. The molecule has 0 saturated heterocycles. The maximum atomic E-state index is 11.2. The molecule has 4 heteroatoms. The van der Waals surface area contributed by atoms with Gasteiger partial charge in [-0.3, -0.25) is 9.69 Å². The zero-order valence-electron chi connectivity index (χ0n) is 12.1. The highest BCUT2D eigenvalue weighted by Crippen LogP contribution is 2.36. The number of likely N-dealkylation sites (N-methyl/N-ethyl adjacent to an activating group) is 1. The molecular formula is C14H29N3O. The Hall–Kier alpha value is -0.610. The van der Waals surface area contributed by atoms with Crippen molar-refractivity contribution in [1.82, 2.24) is 4.90 Å². The molecule has 0 bridgehead atoms. The van der Waals surface area contributed by atoms with Gasteiger partial charge >= 0.3 is 0 Å². The molecule has 0 aromatic heterocycles. The van der Waals surface area contributed by atoms with Gasteiger partial charge in [-0.2, -0.15) is 0 Å². The minimum absolute atomic E-state index is 0.0787. The Bertz CT molecular complexity index is 272. The van der Waals surface area contributed by atoms with Gasteiger partial charge in [0, 0.05) is 24.5 Å². The minimum atomic E-state index is -0.226. The van der Waals surface area contributed by atoms with E-state index in [-0.39, 0.29) is 17.4 Å². The Balaban J connectivity index is 2.62. The summed E-state index contributed by atoms with van der Waals surface area (Å²) in [5.74, 6) is 0.519. The second-order valence-corrected chi connectivity index (χ2v) is 5.96. The summed E-state index contributed by atoms with van der Waals surface area (Å²) in [5.41, 5.74) is 11.4. The Morgan fingerprint density at radius 3 is 2.39 bits per heavy atom. The largest absolute Gasteiger partial charge is 0.369 e. The van der Waals surface area contributed by atoms with Crippen LogP contribution >= 0.6 is 0 Å². The molecule has 0 heterocycles. The van der Waals surface area contributed by atoms with Crippen molar-refractivity contribution < 1.29 is 4.79 Å². The molecule has 1 saturated carbocycles. The van der Waals surface area contributed by atoms with Crippen LogP contribution in [0.2, 0.25) is 0 Å². The van der Waals surface area contributed by atoms with Gasteiger partial charge in [0.15, 0.2) is 0 Å². The first-order valence-electron chi connectivity index (χ1n) is 7.15. The molecule has 0 radical (unpaired) electrons. The number of nitrogens with zero attached hydrogens (tertiary/aromatic N) is 1. The number of rotatable bonds is 6. The third-order valence-electron chi connectivity index (χ3n) is 4.84. The fraction of sp³-hybridized carbons (Fsp3) is 0.929. The summed E-state index contributed by atoms with van der Waals surface area (Å²) in [6.07, 6.45) is 6.06. The first-order valence-corrected chi connectivity index (χ1v) is 7.15. The summed E-state index contributed by atoms with van der Waals surface area (Å²) in [5, 5.41) is 0. The molecule has 1 fully saturated rings. The van der Waals surface area contributed by atoms with E-state index in [0.29, 0.717) is 13.1 Å². The monoisotopic (exact) mass is 255 g/mol. The van der Waals surface area contributed by atoms with E-state index in [1.807, 2.05) is 6.92 Å². The molecule has 0 aromatic carbocycles. The van der Waals surface area contributed by atoms with Gasteiger partial charge in [0.25, 0.3) is 0 Å². The lowest BCUT2D eigenvalue weighted by Gasteiger charge is -2.46. The molecule has 1 unspecified atom stereocenters. The van der Waals surface area contributed by atoms with E-state index in [2.05, 4.69) is 18.9 Å². The van der Waals surface area contributed by atoms with Crippen LogP contribution in [0, 0.1) is 11.8 Å². The maximum absolute atomic E-state index is 11.2. The highest BCUT2D eigenvalue weighted by atomic mass is 16.1. The van der Waals surface area contributed by atoms with Gasteiger partial charge in [0.2, 0.25) is 5.91 Å². The van der Waals surface area contributed by atoms with E-state index in [1.165, 1.54) is 19.3 Å². The third kappa shape index (κ3) is 3.45. The normalized spacial score (nSPS) is 30.4. The lowest BCUT2D eigenvalue weighted by molar-refractivity contribution is -0.122. The van der Waals surface area contributed by atoms with Gasteiger partial charge in [-0.05, 0) is 38.6 Å². The maximum Gasteiger partial charge on any atom is 0.221 e. The van der Waals surface area contributed by atoms with Crippen LogP contribution in [0.3, 0.4) is 0 Å². The van der Waals surface area contributed by atoms with Crippen molar-refractivity contribution in [3.63, 3.8) is 0 Å². The Morgan fingerprint density at radius 2 is 2.00 bits per heavy atom. The van der Waals surface area contributed by atoms with Gasteiger partial charge < -0.3 is 11.5 Å². The molecule has 1 amide bonds. The average Bonchev–Trinajstić information content (AvgIpc) is 2.38. The van der Waals surface area contributed by atoms with Crippen molar-refractivity contribution in [2.24, 2.45) is 23.3 Å². The van der Waals surface area contributed by atoms with E-state index in [0.717, 1.165) is 18.8 Å². The molecule has 0 spiro atoms. The highest BCUT2D eigenvalue weighted by Gasteiger charge is 2.37. The van der Waals surface area contributed by atoms with Crippen molar-refractivity contribution in [2.45, 2.75) is 51.5 Å². The van der Waals surface area contributed by atoms with Crippen LogP contribution in [0.4, 0.5) is 0 Å². The molecule has 1 aliphatic rings. The van der Waals surface area contributed by atoms with Gasteiger partial charge in [-0.15, -0.1) is 0 Å². The van der Waals surface area contributed by atoms with Crippen LogP contribution in [0.15, 0.2) is 0 Å². The SMILES string of the molecule is CCC1CCC(CN)(N(C)CC(C)C(N)=O)CC1. The molecule has 4 nitrogen and oxygen atoms in total. The molecule has 18 heavy (non-hydrogen) atoms. The van der Waals surface area contributed by atoms with Crippen molar-refractivity contribution in [1.29, 1.82) is 0 Å². The fourth-order valence-electron chi connectivity index (χ4n) is 3.06. The number of primary amides is 1. The zero-order valence-corrected chi connectivity index (χ0v) is 12.1. The van der Waals surface area contributed by atoms with E-state index in [1.54, 1.807) is 0 Å². The summed E-state index contributed by atoms with van der Waals surface area (Å²) in [4.78, 5) is 13.4. The van der Waals surface area contributed by atoms with E-state index >= 15 is 0 Å². The van der Waals surface area contributed by atoms with Crippen molar-refractivity contribution in [3.8, 4) is 0 Å². The molecule has 106 valence electrons. The zero-order chi connectivity index (χ0) is 13.8. The summed E-state index contributed by atoms with van der Waals surface area (Å²) in [6, 6.07) is 0. The predicted octanol–water partition coefficient (Wildman–Crippen LogP) is 1.34. The second-order valence-electron chi connectivity index (χ2n) is 5.96. The Kier molecular flexibility index (Phi) is 5.60. The van der Waals surface area contributed by atoms with Crippen molar-refractivity contribution in [2.75, 3.05) is 20.1 Å². The molecule has 1 atom stereocenters. The quantitative estimate of drug-likeness (QED) is 0.752. The Labute approximate surface area is 111 Å². The standard InChI is InChI=1S/C14H29N3O/c1-4-12-5-7-14(10-15,8-6-12)17(3)9-11(2)13(16)18/h11-12H,4-10,15H2,1-3H3,(H2,16,18). The van der Waals surface area contributed by atoms with Gasteiger partial charge in [0.05, 0.1) is 0 Å². The molecule has 1 rings (SSSR count). The summed E-state index contributed by atoms with van der Waals surface area (Å²) < 4.78 is 0. The lowest BCUT2D eigenvalue weighted by atomic mass is 9.74. The highest BCUT2D eigenvalue weighted by molar-refractivity contribution is 5.76. The summed E-state index contributed by atoms with van der Waals surface area (Å²) in [7, 11) is 2.08. The summed E-state index contributed by atoms with van der Waals surface area (Å²) in [6.45, 7) is 5.54. The van der Waals surface area contributed by atoms with Crippen LogP contribution in [-0.2, 0) is 4.79 Å². The van der Waals surface area contributed by atoms with Crippen molar-refractivity contribution in [3.05, 3.63) is 0 Å². The molecular weight excluding hydrogens is 226 g/mol. The third-order valence-corrected chi connectivity index (χ3v) is 4.84. The number of amides is 1. The predicted molar refractivity (Wildman–Crippen MR) is 75.0 cm³/mol. The second kappa shape index (κ2) is 6.53. The van der Waals surface area contributed by atoms with Crippen molar-refractivity contribution >= 4 is 5.91 Å². The van der Waals surface area contributed by atoms with Crippen LogP contribution in [0.25, 0.3) is 0 Å². The van der Waals surface area contributed by atoms with E-state index in [9.17, 15) is 4.79 Å². The average molecular weight is 255 g/mol. The van der Waals surface area contributed by atoms with Gasteiger partial charge in [0.1, 0.15) is 0 Å². The van der Waals surface area contributed by atoms with Crippen LogP contribution in [0.5, 0.6) is 0 Å². The van der Waals surface area contributed by atoms with E-state index < -0.39 is 0 Å². The number of hydrogen-bond donors (Lipinski definition) is 2. The molecule has 1 aliphatic carbocycles. The smallest absolute Gasteiger partial charge is 0.221 e. The topological polar surface area (TPSA) is 72.3 Å².